The van der Waals surface area contributed by atoms with Gasteiger partial charge in [-0.05, 0) is 49.4 Å². The Balaban J connectivity index is 0.00000117. The maximum absolute atomic E-state index is 11.5. The van der Waals surface area contributed by atoms with Crippen molar-refractivity contribution in [1.82, 2.24) is 9.55 Å². The lowest BCUT2D eigenvalue weighted by molar-refractivity contribution is -0.137. The van der Waals surface area contributed by atoms with Crippen molar-refractivity contribution in [2.45, 2.75) is 60.3 Å². The highest BCUT2D eigenvalue weighted by atomic mass is 35.5. The zero-order chi connectivity index (χ0) is 21.0. The van der Waals surface area contributed by atoms with Gasteiger partial charge in [0.2, 0.25) is 0 Å². The molecule has 0 aliphatic carbocycles. The Bertz CT molecular complexity index is 1000. The number of pyridine rings is 1. The molecular formula is C22H25ClN2O2S2. The van der Waals surface area contributed by atoms with E-state index >= 15 is 0 Å². The fourth-order valence-electron chi connectivity index (χ4n) is 3.78. The van der Waals surface area contributed by atoms with Crippen molar-refractivity contribution in [2.75, 3.05) is 6.26 Å². The average Bonchev–Trinajstić information content (AvgIpc) is 3.06. The molecule has 154 valence electrons. The Morgan fingerprint density at radius 3 is 2.66 bits per heavy atom. The number of benzene rings is 1. The second kappa shape index (κ2) is 9.92. The Morgan fingerprint density at radius 1 is 1.28 bits per heavy atom. The number of hydrogen-bond acceptors (Lipinski definition) is 4. The third kappa shape index (κ3) is 4.60. The molecule has 3 aromatic rings. The third-order valence-electron chi connectivity index (χ3n) is 4.89. The molecule has 0 saturated heterocycles. The van der Waals surface area contributed by atoms with Crippen molar-refractivity contribution >= 4 is 52.1 Å². The van der Waals surface area contributed by atoms with E-state index in [9.17, 15) is 9.90 Å². The van der Waals surface area contributed by atoms with Crippen LogP contribution in [0.25, 0.3) is 11.0 Å². The monoisotopic (exact) mass is 448 g/mol. The standard InChI is InChI=1S/C20H19ClN2O2S2.C2H6/c1-26-15-8-9-22-20-17(15)19(27-14-6-4-13(21)5-7-14)18-12(11-16(24)25)3-2-10-23(18)20;1-2/h4-9,12H,2-3,10-11H2,1H3,(H,24,25);1-2H3. The lowest BCUT2D eigenvalue weighted by atomic mass is 9.93. The zero-order valence-corrected chi connectivity index (χ0v) is 19.2. The van der Waals surface area contributed by atoms with Crippen molar-refractivity contribution in [2.24, 2.45) is 0 Å². The van der Waals surface area contributed by atoms with Crippen molar-refractivity contribution < 1.29 is 9.90 Å². The number of aliphatic carboxylic acids is 1. The van der Waals surface area contributed by atoms with Crippen LogP contribution in [0.4, 0.5) is 0 Å². The molecule has 0 fully saturated rings. The molecule has 0 amide bonds. The van der Waals surface area contributed by atoms with Gasteiger partial charge in [0.05, 0.1) is 6.42 Å². The highest BCUT2D eigenvalue weighted by Gasteiger charge is 2.31. The van der Waals surface area contributed by atoms with E-state index < -0.39 is 5.97 Å². The van der Waals surface area contributed by atoms with Gasteiger partial charge < -0.3 is 9.67 Å². The minimum Gasteiger partial charge on any atom is -0.481 e. The fourth-order valence-corrected chi connectivity index (χ4v) is 5.76. The number of carboxylic acid groups (broad SMARTS) is 1. The van der Waals surface area contributed by atoms with Crippen LogP contribution >= 0.6 is 35.1 Å². The largest absolute Gasteiger partial charge is 0.481 e. The molecule has 1 aromatic carbocycles. The summed E-state index contributed by atoms with van der Waals surface area (Å²) in [5, 5.41) is 11.3. The molecule has 1 N–H and O–H groups in total. The normalized spacial score (nSPS) is 15.5. The number of hydrogen-bond donors (Lipinski definition) is 1. The predicted molar refractivity (Wildman–Crippen MR) is 123 cm³/mol. The van der Waals surface area contributed by atoms with Crippen LogP contribution in [0.3, 0.4) is 0 Å². The maximum Gasteiger partial charge on any atom is 0.304 e. The summed E-state index contributed by atoms with van der Waals surface area (Å²) in [4.78, 5) is 19.5. The molecule has 3 heterocycles. The Kier molecular flexibility index (Phi) is 7.55. The molecule has 29 heavy (non-hydrogen) atoms. The SMILES string of the molecule is CC.CSc1ccnc2c1c(Sc1ccc(Cl)cc1)c1n2CCCC1CC(=O)O. The highest BCUT2D eigenvalue weighted by molar-refractivity contribution is 8.00. The number of aromatic nitrogens is 2. The highest BCUT2D eigenvalue weighted by Crippen LogP contribution is 2.47. The van der Waals surface area contributed by atoms with Crippen LogP contribution in [0.15, 0.2) is 51.2 Å². The van der Waals surface area contributed by atoms with E-state index in [2.05, 4.69) is 15.8 Å². The first-order chi connectivity index (χ1) is 14.1. The van der Waals surface area contributed by atoms with Gasteiger partial charge in [0.15, 0.2) is 0 Å². The number of aryl methyl sites for hydroxylation is 1. The molecule has 1 aliphatic rings. The molecule has 0 bridgehead atoms. The molecule has 1 unspecified atom stereocenters. The molecule has 4 rings (SSSR count). The smallest absolute Gasteiger partial charge is 0.304 e. The number of carbonyl (C=O) groups is 1. The molecule has 1 aliphatic heterocycles. The number of halogens is 1. The zero-order valence-electron chi connectivity index (χ0n) is 16.8. The summed E-state index contributed by atoms with van der Waals surface area (Å²) in [6.07, 6.45) is 5.94. The summed E-state index contributed by atoms with van der Waals surface area (Å²) >= 11 is 9.42. The van der Waals surface area contributed by atoms with Crippen LogP contribution in [0.2, 0.25) is 5.02 Å². The number of rotatable bonds is 5. The van der Waals surface area contributed by atoms with E-state index in [1.807, 2.05) is 50.4 Å². The third-order valence-corrected chi connectivity index (χ3v) is 7.05. The van der Waals surface area contributed by atoms with Crippen LogP contribution in [0, 0.1) is 0 Å². The maximum atomic E-state index is 11.5. The number of fused-ring (bicyclic) bond motifs is 3. The number of nitrogens with zero attached hydrogens (tertiary/aromatic N) is 2. The summed E-state index contributed by atoms with van der Waals surface area (Å²) < 4.78 is 2.24. The lowest BCUT2D eigenvalue weighted by Gasteiger charge is -2.25. The van der Waals surface area contributed by atoms with Gasteiger partial charge in [0.25, 0.3) is 0 Å². The Labute approximate surface area is 185 Å². The van der Waals surface area contributed by atoms with E-state index in [-0.39, 0.29) is 12.3 Å². The second-order valence-corrected chi connectivity index (χ2v) is 8.94. The summed E-state index contributed by atoms with van der Waals surface area (Å²) in [6.45, 7) is 4.88. The Hall–Kier alpha value is -1.63. The fraction of sp³-hybridized carbons (Fsp3) is 0.364. The van der Waals surface area contributed by atoms with Crippen LogP contribution in [0.5, 0.6) is 0 Å². The molecule has 4 nitrogen and oxygen atoms in total. The lowest BCUT2D eigenvalue weighted by Crippen LogP contribution is -2.18. The molecule has 1 atom stereocenters. The first-order valence-electron chi connectivity index (χ1n) is 9.78. The topological polar surface area (TPSA) is 55.1 Å². The minimum absolute atomic E-state index is 0.00922. The average molecular weight is 449 g/mol. The van der Waals surface area contributed by atoms with E-state index in [0.717, 1.165) is 45.9 Å². The van der Waals surface area contributed by atoms with Gasteiger partial charge in [-0.1, -0.05) is 37.2 Å². The Morgan fingerprint density at radius 2 is 2.00 bits per heavy atom. The molecule has 0 saturated carbocycles. The van der Waals surface area contributed by atoms with E-state index in [1.165, 1.54) is 4.90 Å². The summed E-state index contributed by atoms with van der Waals surface area (Å²) in [5.74, 6) is -0.742. The van der Waals surface area contributed by atoms with Crippen LogP contribution in [-0.4, -0.2) is 26.9 Å². The van der Waals surface area contributed by atoms with E-state index in [1.54, 1.807) is 23.5 Å². The first-order valence-corrected chi connectivity index (χ1v) is 12.2. The summed E-state index contributed by atoms with van der Waals surface area (Å²) in [6, 6.07) is 9.82. The van der Waals surface area contributed by atoms with Crippen molar-refractivity contribution in [3.8, 4) is 0 Å². The van der Waals surface area contributed by atoms with Crippen molar-refractivity contribution in [3.05, 3.63) is 47.2 Å². The van der Waals surface area contributed by atoms with E-state index in [0.29, 0.717) is 5.02 Å². The van der Waals surface area contributed by atoms with Gasteiger partial charge in [-0.3, -0.25) is 4.79 Å². The molecular weight excluding hydrogens is 424 g/mol. The van der Waals surface area contributed by atoms with E-state index in [4.69, 9.17) is 11.6 Å². The molecule has 2 aromatic heterocycles. The van der Waals surface area contributed by atoms with Gasteiger partial charge >= 0.3 is 5.97 Å². The molecule has 0 spiro atoms. The first kappa shape index (κ1) is 22.1. The molecule has 0 radical (unpaired) electrons. The minimum atomic E-state index is -0.751. The summed E-state index contributed by atoms with van der Waals surface area (Å²) in [5.41, 5.74) is 2.08. The van der Waals surface area contributed by atoms with Gasteiger partial charge in [-0.2, -0.15) is 0 Å². The van der Waals surface area contributed by atoms with Gasteiger partial charge in [-0.25, -0.2) is 4.98 Å². The van der Waals surface area contributed by atoms with Crippen molar-refractivity contribution in [1.29, 1.82) is 0 Å². The van der Waals surface area contributed by atoms with Crippen LogP contribution in [0.1, 0.15) is 44.7 Å². The number of thioether (sulfide) groups is 1. The summed E-state index contributed by atoms with van der Waals surface area (Å²) in [7, 11) is 0. The van der Waals surface area contributed by atoms with Gasteiger partial charge in [0.1, 0.15) is 5.65 Å². The van der Waals surface area contributed by atoms with Crippen molar-refractivity contribution in [3.63, 3.8) is 0 Å². The number of carboxylic acids is 1. The van der Waals surface area contributed by atoms with Gasteiger partial charge in [0, 0.05) is 49.4 Å². The predicted octanol–water partition coefficient (Wildman–Crippen LogP) is 6.94. The van der Waals surface area contributed by atoms with Crippen LogP contribution < -0.4 is 0 Å². The quantitative estimate of drug-likeness (QED) is 0.428. The second-order valence-electron chi connectivity index (χ2n) is 6.57. The van der Waals surface area contributed by atoms with Crippen LogP contribution in [-0.2, 0) is 11.3 Å². The van der Waals surface area contributed by atoms with Gasteiger partial charge in [-0.15, -0.1) is 11.8 Å². The molecule has 7 heteroatoms.